The highest BCUT2D eigenvalue weighted by Crippen LogP contribution is 2.27. The predicted octanol–water partition coefficient (Wildman–Crippen LogP) is 3.06. The number of aromatic nitrogens is 1. The van der Waals surface area contributed by atoms with Crippen molar-refractivity contribution in [1.29, 1.82) is 0 Å². The Morgan fingerprint density at radius 3 is 2.87 bits per heavy atom. The van der Waals surface area contributed by atoms with E-state index in [1.807, 2.05) is 31.2 Å². The summed E-state index contributed by atoms with van der Waals surface area (Å²) in [5.74, 6) is -1.48. The van der Waals surface area contributed by atoms with Gasteiger partial charge in [-0.05, 0) is 25.3 Å². The van der Waals surface area contributed by atoms with Gasteiger partial charge in [-0.2, -0.15) is 0 Å². The van der Waals surface area contributed by atoms with E-state index in [1.165, 1.54) is 11.3 Å². The number of piperidine rings is 1. The highest BCUT2D eigenvalue weighted by atomic mass is 32.1. The van der Waals surface area contributed by atoms with Gasteiger partial charge >= 0.3 is 5.97 Å². The Labute approximate surface area is 138 Å². The summed E-state index contributed by atoms with van der Waals surface area (Å²) in [7, 11) is 0. The average molecular weight is 330 g/mol. The minimum Gasteiger partial charge on any atom is -0.481 e. The van der Waals surface area contributed by atoms with Gasteiger partial charge in [0.1, 0.15) is 10.7 Å². The molecule has 0 saturated carbocycles. The average Bonchev–Trinajstić information content (AvgIpc) is 3.04. The van der Waals surface area contributed by atoms with Crippen molar-refractivity contribution in [2.45, 2.75) is 19.8 Å². The van der Waals surface area contributed by atoms with Crippen molar-refractivity contribution in [1.82, 2.24) is 9.88 Å². The number of carbonyl (C=O) groups is 2. The minimum absolute atomic E-state index is 0.174. The van der Waals surface area contributed by atoms with Crippen LogP contribution in [0.15, 0.2) is 29.6 Å². The van der Waals surface area contributed by atoms with E-state index < -0.39 is 11.9 Å². The van der Waals surface area contributed by atoms with Crippen LogP contribution in [0.5, 0.6) is 0 Å². The summed E-state index contributed by atoms with van der Waals surface area (Å²) < 4.78 is 0. The molecule has 1 atom stereocenters. The molecule has 6 heteroatoms. The van der Waals surface area contributed by atoms with Crippen LogP contribution in [0.4, 0.5) is 0 Å². The van der Waals surface area contributed by atoms with Gasteiger partial charge in [-0.25, -0.2) is 4.98 Å². The zero-order chi connectivity index (χ0) is 16.4. The Kier molecular flexibility index (Phi) is 4.43. The summed E-state index contributed by atoms with van der Waals surface area (Å²) in [5, 5.41) is 11.7. The van der Waals surface area contributed by atoms with E-state index in [1.54, 1.807) is 10.3 Å². The van der Waals surface area contributed by atoms with Crippen LogP contribution >= 0.6 is 11.3 Å². The number of likely N-dealkylation sites (tertiary alicyclic amines) is 1. The molecule has 1 aromatic carbocycles. The van der Waals surface area contributed by atoms with Crippen LogP contribution in [0.25, 0.3) is 10.6 Å². The number of carbonyl (C=O) groups excluding carboxylic acids is 1. The van der Waals surface area contributed by atoms with Gasteiger partial charge in [-0.3, -0.25) is 9.59 Å². The smallest absolute Gasteiger partial charge is 0.308 e. The van der Waals surface area contributed by atoms with Gasteiger partial charge in [0.15, 0.2) is 0 Å². The summed E-state index contributed by atoms with van der Waals surface area (Å²) in [6.07, 6.45) is 1.35. The van der Waals surface area contributed by atoms with Crippen molar-refractivity contribution < 1.29 is 14.7 Å². The molecule has 1 fully saturated rings. The van der Waals surface area contributed by atoms with E-state index in [-0.39, 0.29) is 12.5 Å². The fraction of sp³-hybridized carbons (Fsp3) is 0.353. The molecule has 1 amide bonds. The number of benzene rings is 1. The number of rotatable bonds is 3. The van der Waals surface area contributed by atoms with Crippen LogP contribution in [-0.2, 0) is 4.79 Å². The largest absolute Gasteiger partial charge is 0.481 e. The lowest BCUT2D eigenvalue weighted by molar-refractivity contribution is -0.143. The second-order valence-corrected chi connectivity index (χ2v) is 6.64. The molecule has 1 aromatic heterocycles. The molecule has 0 spiro atoms. The normalized spacial score (nSPS) is 18.0. The maximum Gasteiger partial charge on any atom is 0.308 e. The SMILES string of the molecule is Cc1ccccc1-c1nc(C(=O)N2CCCC(C(=O)O)C2)cs1. The van der Waals surface area contributed by atoms with Crippen LogP contribution in [0, 0.1) is 12.8 Å². The fourth-order valence-electron chi connectivity index (χ4n) is 2.83. The van der Waals surface area contributed by atoms with Crippen molar-refractivity contribution in [3.05, 3.63) is 40.9 Å². The van der Waals surface area contributed by atoms with Gasteiger partial charge in [-0.15, -0.1) is 11.3 Å². The van der Waals surface area contributed by atoms with Crippen LogP contribution < -0.4 is 0 Å². The first-order chi connectivity index (χ1) is 11.1. The van der Waals surface area contributed by atoms with Crippen molar-refractivity contribution >= 4 is 23.2 Å². The van der Waals surface area contributed by atoms with Gasteiger partial charge in [0.05, 0.1) is 5.92 Å². The van der Waals surface area contributed by atoms with Gasteiger partial charge in [0.2, 0.25) is 0 Å². The standard InChI is InChI=1S/C17H18N2O3S/c1-11-5-2-3-7-13(11)15-18-14(10-23-15)16(20)19-8-4-6-12(9-19)17(21)22/h2-3,5,7,10,12H,4,6,8-9H2,1H3,(H,21,22). The quantitative estimate of drug-likeness (QED) is 0.939. The molecule has 2 aromatic rings. The second-order valence-electron chi connectivity index (χ2n) is 5.78. The third kappa shape index (κ3) is 3.27. The lowest BCUT2D eigenvalue weighted by atomic mass is 9.98. The Hall–Kier alpha value is -2.21. The van der Waals surface area contributed by atoms with E-state index >= 15 is 0 Å². The van der Waals surface area contributed by atoms with Crippen LogP contribution in [0.2, 0.25) is 0 Å². The third-order valence-electron chi connectivity index (χ3n) is 4.16. The molecule has 3 rings (SSSR count). The molecule has 0 aliphatic carbocycles. The maximum absolute atomic E-state index is 12.6. The minimum atomic E-state index is -0.832. The van der Waals surface area contributed by atoms with Crippen molar-refractivity contribution in [2.24, 2.45) is 5.92 Å². The van der Waals surface area contributed by atoms with Gasteiger partial charge < -0.3 is 10.0 Å². The van der Waals surface area contributed by atoms with Gasteiger partial charge in [0.25, 0.3) is 5.91 Å². The van der Waals surface area contributed by atoms with Crippen molar-refractivity contribution in [3.8, 4) is 10.6 Å². The predicted molar refractivity (Wildman–Crippen MR) is 88.6 cm³/mol. The molecule has 1 unspecified atom stereocenters. The first-order valence-corrected chi connectivity index (χ1v) is 8.48. The number of carboxylic acids is 1. The Balaban J connectivity index is 1.79. The van der Waals surface area contributed by atoms with Gasteiger partial charge in [-0.1, -0.05) is 24.3 Å². The number of nitrogens with zero attached hydrogens (tertiary/aromatic N) is 2. The van der Waals surface area contributed by atoms with E-state index in [2.05, 4.69) is 4.98 Å². The molecule has 5 nitrogen and oxygen atoms in total. The zero-order valence-corrected chi connectivity index (χ0v) is 13.7. The molecule has 1 aliphatic rings. The lowest BCUT2D eigenvalue weighted by Crippen LogP contribution is -2.42. The van der Waals surface area contributed by atoms with E-state index in [4.69, 9.17) is 5.11 Å². The summed E-state index contributed by atoms with van der Waals surface area (Å²) in [5.41, 5.74) is 2.54. The number of hydrogen-bond donors (Lipinski definition) is 1. The monoisotopic (exact) mass is 330 g/mol. The lowest BCUT2D eigenvalue weighted by Gasteiger charge is -2.30. The molecule has 2 heterocycles. The number of hydrogen-bond acceptors (Lipinski definition) is 4. The third-order valence-corrected chi connectivity index (χ3v) is 5.03. The summed E-state index contributed by atoms with van der Waals surface area (Å²) in [6, 6.07) is 7.93. The molecule has 1 aliphatic heterocycles. The number of thiazole rings is 1. The summed E-state index contributed by atoms with van der Waals surface area (Å²) in [6.45, 7) is 2.88. The molecule has 0 radical (unpaired) electrons. The van der Waals surface area contributed by atoms with Crippen LogP contribution in [0.3, 0.4) is 0 Å². The zero-order valence-electron chi connectivity index (χ0n) is 12.9. The van der Waals surface area contributed by atoms with E-state index in [9.17, 15) is 9.59 Å². The van der Waals surface area contributed by atoms with Crippen LogP contribution in [-0.4, -0.2) is 40.0 Å². The molecule has 0 bridgehead atoms. The number of aryl methyl sites for hydroxylation is 1. The van der Waals surface area contributed by atoms with E-state index in [0.717, 1.165) is 22.6 Å². The Morgan fingerprint density at radius 2 is 2.13 bits per heavy atom. The second kappa shape index (κ2) is 6.50. The Morgan fingerprint density at radius 1 is 1.35 bits per heavy atom. The molecule has 120 valence electrons. The maximum atomic E-state index is 12.6. The topological polar surface area (TPSA) is 70.5 Å². The van der Waals surface area contributed by atoms with Crippen LogP contribution in [0.1, 0.15) is 28.9 Å². The highest BCUT2D eigenvalue weighted by molar-refractivity contribution is 7.13. The first kappa shape index (κ1) is 15.7. The number of carboxylic acid groups (broad SMARTS) is 1. The first-order valence-electron chi connectivity index (χ1n) is 7.60. The fourth-order valence-corrected chi connectivity index (χ4v) is 3.72. The summed E-state index contributed by atoms with van der Waals surface area (Å²) >= 11 is 1.44. The molecule has 1 N–H and O–H groups in total. The Bertz CT molecular complexity index is 741. The molecular weight excluding hydrogens is 312 g/mol. The van der Waals surface area contributed by atoms with Crippen molar-refractivity contribution in [3.63, 3.8) is 0 Å². The highest BCUT2D eigenvalue weighted by Gasteiger charge is 2.29. The molecule has 23 heavy (non-hydrogen) atoms. The van der Waals surface area contributed by atoms with E-state index in [0.29, 0.717) is 18.7 Å². The van der Waals surface area contributed by atoms with Crippen molar-refractivity contribution in [2.75, 3.05) is 13.1 Å². The number of aliphatic carboxylic acids is 1. The molecular formula is C17H18N2O3S. The summed E-state index contributed by atoms with van der Waals surface area (Å²) in [4.78, 5) is 29.8. The molecule has 1 saturated heterocycles. The number of amides is 1. The van der Waals surface area contributed by atoms with Gasteiger partial charge in [0, 0.05) is 24.0 Å².